The van der Waals surface area contributed by atoms with Gasteiger partial charge in [-0.25, -0.2) is 4.39 Å². The Labute approximate surface area is 113 Å². The Kier molecular flexibility index (Phi) is 3.34. The van der Waals surface area contributed by atoms with Gasteiger partial charge >= 0.3 is 0 Å². The summed E-state index contributed by atoms with van der Waals surface area (Å²) in [6.07, 6.45) is 2.24. The van der Waals surface area contributed by atoms with E-state index < -0.39 is 0 Å². The monoisotopic (exact) mass is 255 g/mol. The predicted octanol–water partition coefficient (Wildman–Crippen LogP) is 3.42. The summed E-state index contributed by atoms with van der Waals surface area (Å²) in [5, 5.41) is 0. The molecule has 0 aromatic heterocycles. The van der Waals surface area contributed by atoms with Crippen molar-refractivity contribution < 1.29 is 4.39 Å². The Bertz CT molecular complexity index is 537. The molecule has 19 heavy (non-hydrogen) atoms. The van der Waals surface area contributed by atoms with Gasteiger partial charge in [0.25, 0.3) is 0 Å². The third-order valence-corrected chi connectivity index (χ3v) is 4.00. The van der Waals surface area contributed by atoms with Crippen molar-refractivity contribution in [2.45, 2.75) is 25.4 Å². The first-order valence-corrected chi connectivity index (χ1v) is 6.74. The number of halogens is 1. The third-order valence-electron chi connectivity index (χ3n) is 4.00. The molecule has 3 rings (SSSR count). The minimum atomic E-state index is -0.167. The Morgan fingerprint density at radius 1 is 1.00 bits per heavy atom. The molecule has 0 saturated heterocycles. The van der Waals surface area contributed by atoms with E-state index in [1.807, 2.05) is 12.1 Å². The van der Waals surface area contributed by atoms with E-state index >= 15 is 0 Å². The number of rotatable bonds is 3. The molecule has 98 valence electrons. The fourth-order valence-corrected chi connectivity index (χ4v) is 2.85. The minimum Gasteiger partial charge on any atom is -0.299 e. The van der Waals surface area contributed by atoms with Crippen molar-refractivity contribution in [1.82, 2.24) is 4.90 Å². The molecule has 0 amide bonds. The van der Waals surface area contributed by atoms with E-state index in [2.05, 4.69) is 36.2 Å². The van der Waals surface area contributed by atoms with Crippen LogP contribution < -0.4 is 0 Å². The zero-order valence-electron chi connectivity index (χ0n) is 11.1. The fourth-order valence-electron chi connectivity index (χ4n) is 2.85. The molecule has 0 radical (unpaired) electrons. The lowest BCUT2D eigenvalue weighted by atomic mass is 10.1. The molecule has 0 saturated carbocycles. The minimum absolute atomic E-state index is 0.167. The molecule has 0 fully saturated rings. The van der Waals surface area contributed by atoms with Crippen molar-refractivity contribution in [3.05, 3.63) is 71.0 Å². The molecule has 0 unspecified atom stereocenters. The van der Waals surface area contributed by atoms with Crippen molar-refractivity contribution in [3.63, 3.8) is 0 Å². The number of hydrogen-bond acceptors (Lipinski definition) is 1. The zero-order chi connectivity index (χ0) is 13.2. The number of benzene rings is 2. The van der Waals surface area contributed by atoms with Gasteiger partial charge in [0.05, 0.1) is 0 Å². The quantitative estimate of drug-likeness (QED) is 0.812. The highest BCUT2D eigenvalue weighted by atomic mass is 19.1. The third kappa shape index (κ3) is 2.69. The maximum absolute atomic E-state index is 12.9. The zero-order valence-corrected chi connectivity index (χ0v) is 11.1. The second-order valence-corrected chi connectivity index (χ2v) is 5.37. The molecule has 1 aliphatic rings. The van der Waals surface area contributed by atoms with Crippen LogP contribution in [0.2, 0.25) is 0 Å². The van der Waals surface area contributed by atoms with Gasteiger partial charge in [-0.1, -0.05) is 36.4 Å². The molecule has 0 N–H and O–H groups in total. The summed E-state index contributed by atoms with van der Waals surface area (Å²) in [6.45, 7) is 0.874. The second kappa shape index (κ2) is 5.14. The van der Waals surface area contributed by atoms with E-state index in [0.717, 1.165) is 19.4 Å². The van der Waals surface area contributed by atoms with Crippen LogP contribution in [-0.4, -0.2) is 18.0 Å². The standard InChI is InChI=1S/C17H18FN/c1-19(12-13-6-8-16(18)9-7-13)17-10-14-4-2-3-5-15(14)11-17/h2-9,17H,10-12H2,1H3. The van der Waals surface area contributed by atoms with Crippen molar-refractivity contribution in [2.75, 3.05) is 7.05 Å². The van der Waals surface area contributed by atoms with E-state index in [4.69, 9.17) is 0 Å². The van der Waals surface area contributed by atoms with E-state index in [9.17, 15) is 4.39 Å². The van der Waals surface area contributed by atoms with Gasteiger partial charge in [-0.15, -0.1) is 0 Å². The fraction of sp³-hybridized carbons (Fsp3) is 0.294. The molecular weight excluding hydrogens is 237 g/mol. The Morgan fingerprint density at radius 3 is 2.16 bits per heavy atom. The van der Waals surface area contributed by atoms with Gasteiger partial charge in [0.2, 0.25) is 0 Å². The van der Waals surface area contributed by atoms with E-state index in [0.29, 0.717) is 6.04 Å². The first-order valence-electron chi connectivity index (χ1n) is 6.74. The van der Waals surface area contributed by atoms with Crippen LogP contribution in [0.25, 0.3) is 0 Å². The molecule has 2 aromatic rings. The average molecular weight is 255 g/mol. The molecule has 0 aliphatic heterocycles. The molecule has 2 aromatic carbocycles. The van der Waals surface area contributed by atoms with Crippen LogP contribution in [0.5, 0.6) is 0 Å². The summed E-state index contributed by atoms with van der Waals surface area (Å²) < 4.78 is 12.9. The first kappa shape index (κ1) is 12.4. The van der Waals surface area contributed by atoms with Gasteiger partial charge < -0.3 is 0 Å². The smallest absolute Gasteiger partial charge is 0.123 e. The summed E-state index contributed by atoms with van der Waals surface area (Å²) in [4.78, 5) is 2.37. The van der Waals surface area contributed by atoms with E-state index in [1.165, 1.54) is 28.8 Å². The van der Waals surface area contributed by atoms with E-state index in [1.54, 1.807) is 0 Å². The van der Waals surface area contributed by atoms with Crippen molar-refractivity contribution in [1.29, 1.82) is 0 Å². The van der Waals surface area contributed by atoms with Crippen LogP contribution in [0.3, 0.4) is 0 Å². The molecule has 2 heteroatoms. The molecule has 1 nitrogen and oxygen atoms in total. The number of fused-ring (bicyclic) bond motifs is 1. The van der Waals surface area contributed by atoms with Crippen LogP contribution in [-0.2, 0) is 19.4 Å². The maximum atomic E-state index is 12.9. The molecule has 0 spiro atoms. The topological polar surface area (TPSA) is 3.24 Å². The summed E-state index contributed by atoms with van der Waals surface area (Å²) in [5.41, 5.74) is 4.11. The molecule has 0 heterocycles. The largest absolute Gasteiger partial charge is 0.299 e. The number of hydrogen-bond donors (Lipinski definition) is 0. The van der Waals surface area contributed by atoms with Gasteiger partial charge in [-0.3, -0.25) is 4.90 Å². The first-order chi connectivity index (χ1) is 9.22. The van der Waals surface area contributed by atoms with Gasteiger partial charge in [0, 0.05) is 12.6 Å². The lowest BCUT2D eigenvalue weighted by Crippen LogP contribution is -2.31. The highest BCUT2D eigenvalue weighted by Crippen LogP contribution is 2.25. The van der Waals surface area contributed by atoms with Crippen LogP contribution >= 0.6 is 0 Å². The lowest BCUT2D eigenvalue weighted by Gasteiger charge is -2.24. The van der Waals surface area contributed by atoms with Crippen LogP contribution in [0.1, 0.15) is 16.7 Å². The van der Waals surface area contributed by atoms with Crippen molar-refractivity contribution in [3.8, 4) is 0 Å². The summed E-state index contributed by atoms with van der Waals surface area (Å²) in [7, 11) is 2.15. The van der Waals surface area contributed by atoms with Crippen LogP contribution in [0.15, 0.2) is 48.5 Å². The van der Waals surface area contributed by atoms with Crippen molar-refractivity contribution in [2.24, 2.45) is 0 Å². The van der Waals surface area contributed by atoms with Gasteiger partial charge in [-0.2, -0.15) is 0 Å². The predicted molar refractivity (Wildman–Crippen MR) is 75.5 cm³/mol. The van der Waals surface area contributed by atoms with Gasteiger partial charge in [-0.05, 0) is 48.7 Å². The summed E-state index contributed by atoms with van der Waals surface area (Å²) in [6, 6.07) is 16.0. The maximum Gasteiger partial charge on any atom is 0.123 e. The summed E-state index contributed by atoms with van der Waals surface area (Å²) >= 11 is 0. The molecule has 0 atom stereocenters. The normalized spacial score (nSPS) is 14.9. The molecule has 0 bridgehead atoms. The second-order valence-electron chi connectivity index (χ2n) is 5.37. The molecule has 1 aliphatic carbocycles. The lowest BCUT2D eigenvalue weighted by molar-refractivity contribution is 0.241. The highest BCUT2D eigenvalue weighted by molar-refractivity contribution is 5.33. The Balaban J connectivity index is 1.66. The average Bonchev–Trinajstić information content (AvgIpc) is 2.85. The molecular formula is C17H18FN. The van der Waals surface area contributed by atoms with Crippen LogP contribution in [0, 0.1) is 5.82 Å². The van der Waals surface area contributed by atoms with Gasteiger partial charge in [0.15, 0.2) is 0 Å². The van der Waals surface area contributed by atoms with Crippen molar-refractivity contribution >= 4 is 0 Å². The Morgan fingerprint density at radius 2 is 1.58 bits per heavy atom. The highest BCUT2D eigenvalue weighted by Gasteiger charge is 2.24. The SMILES string of the molecule is CN(Cc1ccc(F)cc1)C1Cc2ccccc2C1. The number of nitrogens with zero attached hydrogens (tertiary/aromatic N) is 1. The summed E-state index contributed by atoms with van der Waals surface area (Å²) in [5.74, 6) is -0.167. The Hall–Kier alpha value is -1.67. The van der Waals surface area contributed by atoms with Crippen LogP contribution in [0.4, 0.5) is 4.39 Å². The van der Waals surface area contributed by atoms with E-state index in [-0.39, 0.29) is 5.82 Å². The van der Waals surface area contributed by atoms with Gasteiger partial charge in [0.1, 0.15) is 5.82 Å². The number of likely N-dealkylation sites (N-methyl/N-ethyl adjacent to an activating group) is 1.